The van der Waals surface area contributed by atoms with Gasteiger partial charge in [0, 0.05) is 12.1 Å². The van der Waals surface area contributed by atoms with Crippen LogP contribution in [-0.2, 0) is 13.1 Å². The third kappa shape index (κ3) is 4.47. The summed E-state index contributed by atoms with van der Waals surface area (Å²) in [7, 11) is 0. The molecular weight excluding hydrogens is 326 g/mol. The summed E-state index contributed by atoms with van der Waals surface area (Å²) >= 11 is 0. The van der Waals surface area contributed by atoms with Crippen LogP contribution in [0.1, 0.15) is 21.7 Å². The Morgan fingerprint density at radius 2 is 1.62 bits per heavy atom. The lowest BCUT2D eigenvalue weighted by Crippen LogP contribution is -3.00. The lowest BCUT2D eigenvalue weighted by atomic mass is 10.1. The van der Waals surface area contributed by atoms with Gasteiger partial charge in [-0.05, 0) is 29.8 Å². The molecule has 0 radical (unpaired) electrons. The van der Waals surface area contributed by atoms with Gasteiger partial charge in [0.1, 0.15) is 11.5 Å². The number of rotatable bonds is 6. The van der Waals surface area contributed by atoms with Gasteiger partial charge >= 0.3 is 5.97 Å². The van der Waals surface area contributed by atoms with Crippen LogP contribution >= 0.6 is 0 Å². The molecule has 3 aromatic rings. The van der Waals surface area contributed by atoms with Crippen LogP contribution in [0.15, 0.2) is 71.1 Å². The van der Waals surface area contributed by atoms with E-state index in [0.29, 0.717) is 6.54 Å². The lowest BCUT2D eigenvalue weighted by molar-refractivity contribution is -0.0000207. The van der Waals surface area contributed by atoms with Crippen molar-refractivity contribution in [2.75, 3.05) is 0 Å². The van der Waals surface area contributed by atoms with Crippen LogP contribution in [-0.4, -0.2) is 11.1 Å². The van der Waals surface area contributed by atoms with Crippen molar-refractivity contribution in [3.8, 4) is 11.3 Å². The summed E-state index contributed by atoms with van der Waals surface area (Å²) < 4.78 is 5.80. The van der Waals surface area contributed by atoms with Crippen molar-refractivity contribution in [1.29, 1.82) is 0 Å². The fourth-order valence-electron chi connectivity index (χ4n) is 2.33. The van der Waals surface area contributed by atoms with E-state index in [4.69, 9.17) is 9.52 Å². The Morgan fingerprint density at radius 1 is 0.917 bits per heavy atom. The van der Waals surface area contributed by atoms with Crippen LogP contribution < -0.4 is 17.7 Å². The first-order valence-corrected chi connectivity index (χ1v) is 7.39. The third-order valence-corrected chi connectivity index (χ3v) is 3.55. The average molecular weight is 343 g/mol. The maximum absolute atomic E-state index is 10.9. The minimum Gasteiger partial charge on any atom is -1.00 e. The van der Waals surface area contributed by atoms with Crippen LogP contribution in [0.25, 0.3) is 11.3 Å². The van der Waals surface area contributed by atoms with E-state index in [1.54, 1.807) is 24.3 Å². The van der Waals surface area contributed by atoms with Gasteiger partial charge in [-0.1, -0.05) is 42.5 Å². The summed E-state index contributed by atoms with van der Waals surface area (Å²) in [5, 5.41) is 12.2. The number of hydrogen-bond acceptors (Lipinski definition) is 3. The van der Waals surface area contributed by atoms with E-state index in [-0.39, 0.29) is 18.0 Å². The molecule has 1 aromatic heterocycles. The molecule has 24 heavy (non-hydrogen) atoms. The SMILES string of the molecule is O=C(O)c1ccc(-c2ccc(CNCc3ccccc3)o2)cc1.[Cl-]. The number of carboxylic acids is 1. The standard InChI is InChI=1S/C19H17NO3.ClH/c21-19(22)16-8-6-15(7-9-16)18-11-10-17(23-18)13-20-12-14-4-2-1-3-5-14;/h1-11,20H,12-13H2,(H,21,22);1H/p-1. The molecule has 124 valence electrons. The van der Waals surface area contributed by atoms with E-state index in [0.717, 1.165) is 23.6 Å². The minimum absolute atomic E-state index is 0. The molecular formula is C19H17ClNO3-. The molecule has 0 saturated heterocycles. The second-order valence-corrected chi connectivity index (χ2v) is 5.24. The van der Waals surface area contributed by atoms with Crippen molar-refractivity contribution in [2.24, 2.45) is 0 Å². The molecule has 0 aliphatic rings. The van der Waals surface area contributed by atoms with Gasteiger partial charge in [-0.2, -0.15) is 0 Å². The van der Waals surface area contributed by atoms with E-state index < -0.39 is 5.97 Å². The zero-order valence-electron chi connectivity index (χ0n) is 12.9. The number of furan rings is 1. The molecule has 3 rings (SSSR count). The number of hydrogen-bond donors (Lipinski definition) is 2. The van der Waals surface area contributed by atoms with Gasteiger partial charge < -0.3 is 27.2 Å². The van der Waals surface area contributed by atoms with Crippen molar-refractivity contribution < 1.29 is 26.7 Å². The zero-order valence-corrected chi connectivity index (χ0v) is 13.7. The van der Waals surface area contributed by atoms with Gasteiger partial charge in [0.15, 0.2) is 0 Å². The molecule has 0 fully saturated rings. The van der Waals surface area contributed by atoms with E-state index in [1.807, 2.05) is 30.3 Å². The topological polar surface area (TPSA) is 62.5 Å². The second-order valence-electron chi connectivity index (χ2n) is 5.24. The quantitative estimate of drug-likeness (QED) is 0.700. The van der Waals surface area contributed by atoms with Crippen LogP contribution in [0.4, 0.5) is 0 Å². The monoisotopic (exact) mass is 342 g/mol. The highest BCUT2D eigenvalue weighted by atomic mass is 35.5. The predicted octanol–water partition coefficient (Wildman–Crippen LogP) is 0.939. The Morgan fingerprint density at radius 3 is 2.29 bits per heavy atom. The number of carbonyl (C=O) groups is 1. The summed E-state index contributed by atoms with van der Waals surface area (Å²) in [6, 6.07) is 20.7. The Labute approximate surface area is 146 Å². The molecule has 5 heteroatoms. The molecule has 0 bridgehead atoms. The number of aromatic carboxylic acids is 1. The predicted molar refractivity (Wildman–Crippen MR) is 88.1 cm³/mol. The molecule has 0 atom stereocenters. The average Bonchev–Trinajstić information content (AvgIpc) is 3.05. The molecule has 0 unspecified atom stereocenters. The van der Waals surface area contributed by atoms with E-state index in [1.165, 1.54) is 5.56 Å². The molecule has 4 nitrogen and oxygen atoms in total. The molecule has 0 spiro atoms. The number of nitrogens with one attached hydrogen (secondary N) is 1. The van der Waals surface area contributed by atoms with Gasteiger partial charge in [0.25, 0.3) is 0 Å². The van der Waals surface area contributed by atoms with Crippen molar-refractivity contribution in [3.05, 3.63) is 83.6 Å². The molecule has 0 aliphatic carbocycles. The molecule has 0 saturated carbocycles. The van der Waals surface area contributed by atoms with Crippen LogP contribution in [0.5, 0.6) is 0 Å². The van der Waals surface area contributed by atoms with E-state index >= 15 is 0 Å². The van der Waals surface area contributed by atoms with Crippen molar-refractivity contribution >= 4 is 5.97 Å². The maximum Gasteiger partial charge on any atom is 0.335 e. The van der Waals surface area contributed by atoms with Gasteiger partial charge in [-0.25, -0.2) is 4.79 Å². The van der Waals surface area contributed by atoms with Gasteiger partial charge in [-0.3, -0.25) is 0 Å². The molecule has 1 heterocycles. The Hall–Kier alpha value is -2.56. The second kappa shape index (κ2) is 8.34. The number of benzene rings is 2. The number of carboxylic acid groups (broad SMARTS) is 1. The van der Waals surface area contributed by atoms with Gasteiger partial charge in [-0.15, -0.1) is 0 Å². The summed E-state index contributed by atoms with van der Waals surface area (Å²) in [5.41, 5.74) is 2.36. The first-order valence-electron chi connectivity index (χ1n) is 7.39. The Bertz CT molecular complexity index is 782. The highest BCUT2D eigenvalue weighted by Crippen LogP contribution is 2.22. The Kier molecular flexibility index (Phi) is 6.18. The smallest absolute Gasteiger partial charge is 0.335 e. The van der Waals surface area contributed by atoms with Gasteiger partial charge in [0.05, 0.1) is 12.1 Å². The molecule has 0 amide bonds. The zero-order chi connectivity index (χ0) is 16.1. The van der Waals surface area contributed by atoms with Crippen molar-refractivity contribution in [2.45, 2.75) is 13.1 Å². The van der Waals surface area contributed by atoms with Crippen LogP contribution in [0.2, 0.25) is 0 Å². The normalized spacial score (nSPS) is 10.2. The van der Waals surface area contributed by atoms with Crippen LogP contribution in [0, 0.1) is 0 Å². The van der Waals surface area contributed by atoms with Crippen molar-refractivity contribution in [1.82, 2.24) is 5.32 Å². The van der Waals surface area contributed by atoms with Crippen molar-refractivity contribution in [3.63, 3.8) is 0 Å². The third-order valence-electron chi connectivity index (χ3n) is 3.55. The van der Waals surface area contributed by atoms with Crippen LogP contribution in [0.3, 0.4) is 0 Å². The summed E-state index contributed by atoms with van der Waals surface area (Å²) in [6.07, 6.45) is 0. The fourth-order valence-corrected chi connectivity index (χ4v) is 2.33. The summed E-state index contributed by atoms with van der Waals surface area (Å²) in [6.45, 7) is 1.42. The summed E-state index contributed by atoms with van der Waals surface area (Å²) in [5.74, 6) is 0.651. The minimum atomic E-state index is -0.929. The fraction of sp³-hybridized carbons (Fsp3) is 0.105. The number of halogens is 1. The van der Waals surface area contributed by atoms with E-state index in [9.17, 15) is 4.79 Å². The molecule has 0 aliphatic heterocycles. The Balaban J connectivity index is 0.00000208. The molecule has 2 aromatic carbocycles. The van der Waals surface area contributed by atoms with Gasteiger partial charge in [0.2, 0.25) is 0 Å². The summed E-state index contributed by atoms with van der Waals surface area (Å²) in [4.78, 5) is 10.9. The first-order chi connectivity index (χ1) is 11.2. The first kappa shape index (κ1) is 17.8. The maximum atomic E-state index is 10.9. The highest BCUT2D eigenvalue weighted by molar-refractivity contribution is 5.88. The highest BCUT2D eigenvalue weighted by Gasteiger charge is 2.07. The molecule has 2 N–H and O–H groups in total. The largest absolute Gasteiger partial charge is 1.00 e. The van der Waals surface area contributed by atoms with E-state index in [2.05, 4.69) is 17.4 Å². The lowest BCUT2D eigenvalue weighted by Gasteiger charge is -2.03.